The average molecular weight is 226 g/mol. The van der Waals surface area contributed by atoms with Crippen molar-refractivity contribution in [3.05, 3.63) is 54.1 Å². The maximum atomic E-state index is 5.60. The van der Waals surface area contributed by atoms with E-state index in [9.17, 15) is 0 Å². The van der Waals surface area contributed by atoms with Crippen LogP contribution in [0.15, 0.2) is 48.5 Å². The van der Waals surface area contributed by atoms with Gasteiger partial charge in [0.25, 0.3) is 0 Å². The fourth-order valence-corrected chi connectivity index (χ4v) is 1.80. The van der Waals surface area contributed by atoms with Gasteiger partial charge in [-0.15, -0.1) is 0 Å². The molecule has 2 N–H and O–H groups in total. The van der Waals surface area contributed by atoms with Crippen molar-refractivity contribution in [2.75, 3.05) is 19.0 Å². The molecule has 0 atom stereocenters. The van der Waals surface area contributed by atoms with Gasteiger partial charge < -0.3 is 10.6 Å². The van der Waals surface area contributed by atoms with Gasteiger partial charge >= 0.3 is 0 Å². The SMILES string of the molecule is CN(C)c1cccc(-c2ccc(CN)cc2)c1. The summed E-state index contributed by atoms with van der Waals surface area (Å²) in [7, 11) is 4.10. The molecule has 0 aliphatic carbocycles. The predicted molar refractivity (Wildman–Crippen MR) is 74.1 cm³/mol. The van der Waals surface area contributed by atoms with E-state index in [1.165, 1.54) is 16.8 Å². The lowest BCUT2D eigenvalue weighted by Crippen LogP contribution is -2.08. The highest BCUT2D eigenvalue weighted by Crippen LogP contribution is 2.24. The van der Waals surface area contributed by atoms with Gasteiger partial charge in [-0.3, -0.25) is 0 Å². The van der Waals surface area contributed by atoms with Crippen LogP contribution in [0.2, 0.25) is 0 Å². The fraction of sp³-hybridized carbons (Fsp3) is 0.200. The molecule has 2 nitrogen and oxygen atoms in total. The number of nitrogens with zero attached hydrogens (tertiary/aromatic N) is 1. The van der Waals surface area contributed by atoms with E-state index in [2.05, 4.69) is 67.5 Å². The summed E-state index contributed by atoms with van der Waals surface area (Å²) in [6.45, 7) is 0.595. The minimum Gasteiger partial charge on any atom is -0.378 e. The van der Waals surface area contributed by atoms with Crippen LogP contribution in [0.5, 0.6) is 0 Å². The number of benzene rings is 2. The Morgan fingerprint density at radius 3 is 2.24 bits per heavy atom. The second-order valence-electron chi connectivity index (χ2n) is 4.35. The van der Waals surface area contributed by atoms with Gasteiger partial charge in [-0.05, 0) is 28.8 Å². The zero-order chi connectivity index (χ0) is 12.3. The number of hydrogen-bond acceptors (Lipinski definition) is 2. The van der Waals surface area contributed by atoms with Crippen LogP contribution >= 0.6 is 0 Å². The molecule has 0 saturated carbocycles. The first kappa shape index (κ1) is 11.7. The molecule has 2 aromatic carbocycles. The molecule has 2 aromatic rings. The summed E-state index contributed by atoms with van der Waals surface area (Å²) in [6, 6.07) is 16.9. The molecule has 0 aliphatic rings. The lowest BCUT2D eigenvalue weighted by molar-refractivity contribution is 1.07. The Morgan fingerprint density at radius 2 is 1.65 bits per heavy atom. The van der Waals surface area contributed by atoms with E-state index < -0.39 is 0 Å². The second-order valence-corrected chi connectivity index (χ2v) is 4.35. The summed E-state index contributed by atoms with van der Waals surface area (Å²) in [4.78, 5) is 2.11. The van der Waals surface area contributed by atoms with Crippen LogP contribution in [0.25, 0.3) is 11.1 Å². The summed E-state index contributed by atoms with van der Waals surface area (Å²) >= 11 is 0. The third kappa shape index (κ3) is 2.66. The quantitative estimate of drug-likeness (QED) is 0.872. The summed E-state index contributed by atoms with van der Waals surface area (Å²) in [5, 5.41) is 0. The Balaban J connectivity index is 2.35. The summed E-state index contributed by atoms with van der Waals surface area (Å²) < 4.78 is 0. The Morgan fingerprint density at radius 1 is 0.941 bits per heavy atom. The number of hydrogen-bond donors (Lipinski definition) is 1. The van der Waals surface area contributed by atoms with Gasteiger partial charge in [0.15, 0.2) is 0 Å². The second kappa shape index (κ2) is 5.02. The van der Waals surface area contributed by atoms with Crippen molar-refractivity contribution in [2.45, 2.75) is 6.54 Å². The molecular formula is C15H18N2. The minimum atomic E-state index is 0.595. The van der Waals surface area contributed by atoms with Crippen molar-refractivity contribution in [1.82, 2.24) is 0 Å². The Labute approximate surface area is 103 Å². The molecule has 0 spiro atoms. The zero-order valence-corrected chi connectivity index (χ0v) is 10.4. The van der Waals surface area contributed by atoms with E-state index in [0.717, 1.165) is 5.56 Å². The van der Waals surface area contributed by atoms with Crippen LogP contribution in [-0.4, -0.2) is 14.1 Å². The summed E-state index contributed by atoms with van der Waals surface area (Å²) in [5.74, 6) is 0. The predicted octanol–water partition coefficient (Wildman–Crippen LogP) is 2.88. The molecule has 2 rings (SSSR count). The van der Waals surface area contributed by atoms with Crippen LogP contribution in [-0.2, 0) is 6.54 Å². The monoisotopic (exact) mass is 226 g/mol. The van der Waals surface area contributed by atoms with E-state index in [1.807, 2.05) is 0 Å². The molecule has 0 bridgehead atoms. The molecule has 0 heterocycles. The van der Waals surface area contributed by atoms with Crippen molar-refractivity contribution in [3.63, 3.8) is 0 Å². The van der Waals surface area contributed by atoms with E-state index >= 15 is 0 Å². The first-order valence-electron chi connectivity index (χ1n) is 5.77. The molecule has 0 aromatic heterocycles. The maximum absolute atomic E-state index is 5.60. The van der Waals surface area contributed by atoms with Crippen LogP contribution < -0.4 is 10.6 Å². The number of rotatable bonds is 3. The van der Waals surface area contributed by atoms with Crippen molar-refractivity contribution >= 4 is 5.69 Å². The molecule has 0 amide bonds. The largest absolute Gasteiger partial charge is 0.378 e. The zero-order valence-electron chi connectivity index (χ0n) is 10.4. The molecule has 0 aliphatic heterocycles. The van der Waals surface area contributed by atoms with Crippen LogP contribution in [0.3, 0.4) is 0 Å². The Hall–Kier alpha value is -1.80. The van der Waals surface area contributed by atoms with Gasteiger partial charge in [0.2, 0.25) is 0 Å². The van der Waals surface area contributed by atoms with Gasteiger partial charge in [0.05, 0.1) is 0 Å². The average Bonchev–Trinajstić information content (AvgIpc) is 2.39. The molecule has 0 radical (unpaired) electrons. The van der Waals surface area contributed by atoms with Crippen LogP contribution in [0.4, 0.5) is 5.69 Å². The lowest BCUT2D eigenvalue weighted by atomic mass is 10.0. The topological polar surface area (TPSA) is 29.3 Å². The van der Waals surface area contributed by atoms with Gasteiger partial charge in [-0.2, -0.15) is 0 Å². The highest BCUT2D eigenvalue weighted by molar-refractivity contribution is 5.68. The number of anilines is 1. The van der Waals surface area contributed by atoms with Crippen LogP contribution in [0, 0.1) is 0 Å². The molecule has 0 unspecified atom stereocenters. The minimum absolute atomic E-state index is 0.595. The standard InChI is InChI=1S/C15H18N2/c1-17(2)15-5-3-4-14(10-15)13-8-6-12(11-16)7-9-13/h3-10H,11,16H2,1-2H3. The van der Waals surface area contributed by atoms with Crippen molar-refractivity contribution < 1.29 is 0 Å². The maximum Gasteiger partial charge on any atom is 0.0367 e. The highest BCUT2D eigenvalue weighted by atomic mass is 15.1. The Kier molecular flexibility index (Phi) is 3.45. The first-order chi connectivity index (χ1) is 8.20. The molecule has 88 valence electrons. The van der Waals surface area contributed by atoms with Crippen molar-refractivity contribution in [1.29, 1.82) is 0 Å². The van der Waals surface area contributed by atoms with Gasteiger partial charge in [-0.1, -0.05) is 36.4 Å². The summed E-state index contributed by atoms with van der Waals surface area (Å²) in [6.07, 6.45) is 0. The van der Waals surface area contributed by atoms with Crippen molar-refractivity contribution in [3.8, 4) is 11.1 Å². The van der Waals surface area contributed by atoms with E-state index in [0.29, 0.717) is 6.54 Å². The highest BCUT2D eigenvalue weighted by Gasteiger charge is 2.00. The third-order valence-corrected chi connectivity index (χ3v) is 2.89. The lowest BCUT2D eigenvalue weighted by Gasteiger charge is -2.13. The van der Waals surface area contributed by atoms with E-state index in [1.54, 1.807) is 0 Å². The van der Waals surface area contributed by atoms with Gasteiger partial charge in [0, 0.05) is 26.3 Å². The molecule has 0 saturated heterocycles. The van der Waals surface area contributed by atoms with E-state index in [-0.39, 0.29) is 0 Å². The smallest absolute Gasteiger partial charge is 0.0367 e. The molecule has 2 heteroatoms. The van der Waals surface area contributed by atoms with Crippen LogP contribution in [0.1, 0.15) is 5.56 Å². The van der Waals surface area contributed by atoms with Gasteiger partial charge in [-0.25, -0.2) is 0 Å². The summed E-state index contributed by atoms with van der Waals surface area (Å²) in [5.41, 5.74) is 10.4. The number of nitrogens with two attached hydrogens (primary N) is 1. The third-order valence-electron chi connectivity index (χ3n) is 2.89. The molecule has 17 heavy (non-hydrogen) atoms. The van der Waals surface area contributed by atoms with Gasteiger partial charge in [0.1, 0.15) is 0 Å². The normalized spacial score (nSPS) is 10.3. The van der Waals surface area contributed by atoms with Crippen molar-refractivity contribution in [2.24, 2.45) is 5.73 Å². The fourth-order valence-electron chi connectivity index (χ4n) is 1.80. The first-order valence-corrected chi connectivity index (χ1v) is 5.77. The molecular weight excluding hydrogens is 208 g/mol. The molecule has 0 fully saturated rings. The van der Waals surface area contributed by atoms with E-state index in [4.69, 9.17) is 5.73 Å². The Bertz CT molecular complexity index is 487.